The van der Waals surface area contributed by atoms with Crippen LogP contribution < -0.4 is 11.1 Å². The number of halogens is 1. The molecular weight excluding hydrogens is 271 g/mol. The number of hydrogen-bond acceptors (Lipinski definition) is 4. The van der Waals surface area contributed by atoms with E-state index in [4.69, 9.17) is 5.73 Å². The number of carbonyl (C=O) groups is 1. The summed E-state index contributed by atoms with van der Waals surface area (Å²) in [6.45, 7) is 0.227. The first-order valence-corrected chi connectivity index (χ1v) is 7.71. The molecule has 1 amide bonds. The molecular formula is C12H15FN2O3S. The van der Waals surface area contributed by atoms with Gasteiger partial charge in [0, 0.05) is 23.7 Å². The second kappa shape index (κ2) is 5.26. The molecule has 7 heteroatoms. The Morgan fingerprint density at radius 1 is 1.47 bits per heavy atom. The van der Waals surface area contributed by atoms with Gasteiger partial charge in [0.25, 0.3) is 0 Å². The second-order valence-electron chi connectivity index (χ2n) is 4.65. The highest BCUT2D eigenvalue weighted by atomic mass is 32.2. The molecule has 104 valence electrons. The molecule has 1 aliphatic rings. The summed E-state index contributed by atoms with van der Waals surface area (Å²) in [5.41, 5.74) is 5.55. The Labute approximate surface area is 110 Å². The molecule has 3 N–H and O–H groups in total. The lowest BCUT2D eigenvalue weighted by Crippen LogP contribution is -2.29. The maximum atomic E-state index is 13.7. The largest absolute Gasteiger partial charge is 0.366 e. The lowest BCUT2D eigenvalue weighted by molar-refractivity contribution is 0.1000. The zero-order chi connectivity index (χ0) is 14.0. The summed E-state index contributed by atoms with van der Waals surface area (Å²) in [7, 11) is -2.95. The zero-order valence-corrected chi connectivity index (χ0v) is 11.0. The summed E-state index contributed by atoms with van der Waals surface area (Å²) in [6, 6.07) is 3.88. The van der Waals surface area contributed by atoms with Crippen LogP contribution in [0.25, 0.3) is 0 Å². The maximum Gasteiger partial charge on any atom is 0.248 e. The van der Waals surface area contributed by atoms with Crippen LogP contribution in [0.15, 0.2) is 18.2 Å². The van der Waals surface area contributed by atoms with Crippen LogP contribution in [-0.2, 0) is 16.4 Å². The number of carbonyl (C=O) groups excluding carboxylic acids is 1. The predicted octanol–water partition coefficient (Wildman–Crippen LogP) is 0.201. The smallest absolute Gasteiger partial charge is 0.248 e. The van der Waals surface area contributed by atoms with Crippen molar-refractivity contribution in [2.45, 2.75) is 19.0 Å². The van der Waals surface area contributed by atoms with E-state index in [1.54, 1.807) is 0 Å². The van der Waals surface area contributed by atoms with Crippen LogP contribution in [0.1, 0.15) is 22.3 Å². The Bertz CT molecular complexity index is 601. The Morgan fingerprint density at radius 3 is 2.74 bits per heavy atom. The van der Waals surface area contributed by atoms with E-state index < -0.39 is 21.6 Å². The lowest BCUT2D eigenvalue weighted by atomic mass is 10.1. The third-order valence-corrected chi connectivity index (χ3v) is 4.92. The van der Waals surface area contributed by atoms with Crippen LogP contribution in [0.3, 0.4) is 0 Å². The number of nitrogens with two attached hydrogens (primary N) is 1. The molecule has 1 fully saturated rings. The van der Waals surface area contributed by atoms with Crippen LogP contribution in [0.4, 0.5) is 4.39 Å². The van der Waals surface area contributed by atoms with Crippen molar-refractivity contribution in [3.05, 3.63) is 35.1 Å². The molecule has 1 aromatic rings. The fraction of sp³-hybridized carbons (Fsp3) is 0.417. The normalized spacial score (nSPS) is 21.4. The van der Waals surface area contributed by atoms with Gasteiger partial charge < -0.3 is 11.1 Å². The van der Waals surface area contributed by atoms with E-state index >= 15 is 0 Å². The van der Waals surface area contributed by atoms with Gasteiger partial charge in [0.2, 0.25) is 5.91 Å². The monoisotopic (exact) mass is 286 g/mol. The van der Waals surface area contributed by atoms with Crippen molar-refractivity contribution in [2.24, 2.45) is 5.73 Å². The van der Waals surface area contributed by atoms with Crippen molar-refractivity contribution in [3.8, 4) is 0 Å². The summed E-state index contributed by atoms with van der Waals surface area (Å²) >= 11 is 0. The van der Waals surface area contributed by atoms with Crippen LogP contribution >= 0.6 is 0 Å². The van der Waals surface area contributed by atoms with Gasteiger partial charge in [0.15, 0.2) is 9.84 Å². The third kappa shape index (κ3) is 3.51. The first-order chi connectivity index (χ1) is 8.87. The van der Waals surface area contributed by atoms with Gasteiger partial charge in [-0.3, -0.25) is 4.79 Å². The number of benzene rings is 1. The van der Waals surface area contributed by atoms with E-state index in [0.29, 0.717) is 12.0 Å². The molecule has 0 aliphatic carbocycles. The minimum absolute atomic E-state index is 0.0913. The van der Waals surface area contributed by atoms with Gasteiger partial charge in [-0.25, -0.2) is 12.8 Å². The molecule has 1 saturated heterocycles. The van der Waals surface area contributed by atoms with E-state index in [-0.39, 0.29) is 29.7 Å². The molecule has 1 atom stereocenters. The quantitative estimate of drug-likeness (QED) is 0.827. The summed E-state index contributed by atoms with van der Waals surface area (Å²) < 4.78 is 36.2. The lowest BCUT2D eigenvalue weighted by Gasteiger charge is -2.11. The van der Waals surface area contributed by atoms with Gasteiger partial charge >= 0.3 is 0 Å². The molecule has 0 spiro atoms. The molecule has 0 radical (unpaired) electrons. The molecule has 5 nitrogen and oxygen atoms in total. The predicted molar refractivity (Wildman–Crippen MR) is 68.8 cm³/mol. The van der Waals surface area contributed by atoms with Gasteiger partial charge in [-0.1, -0.05) is 6.07 Å². The first-order valence-electron chi connectivity index (χ1n) is 5.89. The second-order valence-corrected chi connectivity index (χ2v) is 6.88. The minimum atomic E-state index is -2.95. The van der Waals surface area contributed by atoms with Gasteiger partial charge in [-0.2, -0.15) is 0 Å². The number of hydrogen-bond donors (Lipinski definition) is 2. The summed E-state index contributed by atoms with van der Waals surface area (Å²) in [5, 5.41) is 3.01. The Balaban J connectivity index is 1.99. The van der Waals surface area contributed by atoms with Crippen molar-refractivity contribution >= 4 is 15.7 Å². The van der Waals surface area contributed by atoms with Crippen molar-refractivity contribution in [1.82, 2.24) is 5.32 Å². The van der Waals surface area contributed by atoms with Crippen LogP contribution in [0.2, 0.25) is 0 Å². The fourth-order valence-electron chi connectivity index (χ4n) is 2.05. The Hall–Kier alpha value is -1.47. The molecule has 0 saturated carbocycles. The van der Waals surface area contributed by atoms with Gasteiger partial charge in [-0.05, 0) is 18.6 Å². The Kier molecular flexibility index (Phi) is 3.86. The number of amides is 1. The van der Waals surface area contributed by atoms with Gasteiger partial charge in [-0.15, -0.1) is 0 Å². The number of sulfone groups is 1. The van der Waals surface area contributed by atoms with E-state index in [2.05, 4.69) is 5.32 Å². The average molecular weight is 286 g/mol. The maximum absolute atomic E-state index is 13.7. The van der Waals surface area contributed by atoms with Crippen molar-refractivity contribution in [3.63, 3.8) is 0 Å². The highest BCUT2D eigenvalue weighted by molar-refractivity contribution is 7.91. The minimum Gasteiger partial charge on any atom is -0.366 e. The van der Waals surface area contributed by atoms with E-state index in [0.717, 1.165) is 6.07 Å². The van der Waals surface area contributed by atoms with E-state index in [1.165, 1.54) is 12.1 Å². The molecule has 1 aliphatic heterocycles. The van der Waals surface area contributed by atoms with Crippen LogP contribution in [0, 0.1) is 5.82 Å². The molecule has 19 heavy (non-hydrogen) atoms. The molecule has 0 bridgehead atoms. The number of primary amides is 1. The van der Waals surface area contributed by atoms with Crippen molar-refractivity contribution in [2.75, 3.05) is 11.5 Å². The highest BCUT2D eigenvalue weighted by Crippen LogP contribution is 2.14. The topological polar surface area (TPSA) is 89.3 Å². The van der Waals surface area contributed by atoms with Crippen LogP contribution in [-0.4, -0.2) is 31.9 Å². The summed E-state index contributed by atoms with van der Waals surface area (Å²) in [6.07, 6.45) is 0.545. The van der Waals surface area contributed by atoms with Gasteiger partial charge in [0.05, 0.1) is 11.5 Å². The standard InChI is InChI=1S/C12H15FN2O3S/c13-11-5-8(12(14)16)1-2-9(11)6-15-10-3-4-19(17,18)7-10/h1-2,5,10,15H,3-4,6-7H2,(H2,14,16). The summed E-state index contributed by atoms with van der Waals surface area (Å²) in [5.74, 6) is -0.938. The molecule has 1 aromatic carbocycles. The zero-order valence-electron chi connectivity index (χ0n) is 10.2. The highest BCUT2D eigenvalue weighted by Gasteiger charge is 2.27. The number of nitrogens with one attached hydrogen (secondary N) is 1. The Morgan fingerprint density at radius 2 is 2.21 bits per heavy atom. The molecule has 2 rings (SSSR count). The van der Waals surface area contributed by atoms with E-state index in [1.807, 2.05) is 0 Å². The van der Waals surface area contributed by atoms with Crippen LogP contribution in [0.5, 0.6) is 0 Å². The fourth-order valence-corrected chi connectivity index (χ4v) is 3.76. The molecule has 0 aromatic heterocycles. The third-order valence-electron chi connectivity index (χ3n) is 3.15. The number of rotatable bonds is 4. The summed E-state index contributed by atoms with van der Waals surface area (Å²) in [4.78, 5) is 10.9. The van der Waals surface area contributed by atoms with Gasteiger partial charge in [0.1, 0.15) is 5.82 Å². The molecule has 1 unspecified atom stereocenters. The SMILES string of the molecule is NC(=O)c1ccc(CNC2CCS(=O)(=O)C2)c(F)c1. The van der Waals surface area contributed by atoms with E-state index in [9.17, 15) is 17.6 Å². The van der Waals surface area contributed by atoms with Crippen molar-refractivity contribution < 1.29 is 17.6 Å². The first kappa shape index (κ1) is 14.0. The average Bonchev–Trinajstić information content (AvgIpc) is 2.67. The molecule has 1 heterocycles. The van der Waals surface area contributed by atoms with Crippen molar-refractivity contribution in [1.29, 1.82) is 0 Å².